The van der Waals surface area contributed by atoms with Gasteiger partial charge in [-0.2, -0.15) is 0 Å². The van der Waals surface area contributed by atoms with Crippen LogP contribution in [0.3, 0.4) is 0 Å². The van der Waals surface area contributed by atoms with E-state index >= 15 is 0 Å². The molecule has 1 rings (SSSR count). The van der Waals surface area contributed by atoms with Crippen molar-refractivity contribution in [2.24, 2.45) is 0 Å². The molecule has 1 heterocycles. The zero-order valence-corrected chi connectivity index (χ0v) is 12.4. The van der Waals surface area contributed by atoms with Gasteiger partial charge in [0, 0.05) is 0 Å². The summed E-state index contributed by atoms with van der Waals surface area (Å²) in [6, 6.07) is 0. The van der Waals surface area contributed by atoms with Crippen LogP contribution in [0.5, 0.6) is 0 Å². The SMILES string of the molecule is C[Si](C)(C)O[Si](C)(C)N1CCCCC1. The molecule has 0 spiro atoms. The molecule has 0 amide bonds. The molecule has 0 unspecified atom stereocenters. The summed E-state index contributed by atoms with van der Waals surface area (Å²) in [5, 5.41) is 0. The standard InChI is InChI=1S/C10H25NOSi2/c1-13(2,3)12-14(4,5)11-9-7-6-8-10-11/h6-10H2,1-5H3. The van der Waals surface area contributed by atoms with E-state index in [9.17, 15) is 0 Å². The van der Waals surface area contributed by atoms with Crippen LogP contribution in [0.15, 0.2) is 0 Å². The van der Waals surface area contributed by atoms with Crippen molar-refractivity contribution in [2.75, 3.05) is 13.1 Å². The van der Waals surface area contributed by atoms with Crippen molar-refractivity contribution in [1.29, 1.82) is 0 Å². The Bertz CT molecular complexity index is 183. The number of hydrogen-bond donors (Lipinski definition) is 0. The highest BCUT2D eigenvalue weighted by Crippen LogP contribution is 2.22. The van der Waals surface area contributed by atoms with Crippen molar-refractivity contribution in [3.63, 3.8) is 0 Å². The minimum absolute atomic E-state index is 1.27. The van der Waals surface area contributed by atoms with Crippen LogP contribution < -0.4 is 0 Å². The number of hydrogen-bond acceptors (Lipinski definition) is 2. The maximum atomic E-state index is 6.37. The number of rotatable bonds is 3. The highest BCUT2D eigenvalue weighted by molar-refractivity contribution is 6.82. The Morgan fingerprint density at radius 1 is 0.857 bits per heavy atom. The summed E-state index contributed by atoms with van der Waals surface area (Å²) in [5.74, 6) is 0. The first kappa shape index (κ1) is 12.4. The molecule has 14 heavy (non-hydrogen) atoms. The first-order valence-corrected chi connectivity index (χ1v) is 12.0. The van der Waals surface area contributed by atoms with Crippen LogP contribution in [-0.4, -0.2) is 34.5 Å². The predicted molar refractivity (Wildman–Crippen MR) is 67.3 cm³/mol. The van der Waals surface area contributed by atoms with E-state index in [0.29, 0.717) is 0 Å². The lowest BCUT2D eigenvalue weighted by Gasteiger charge is -2.42. The van der Waals surface area contributed by atoms with E-state index < -0.39 is 16.8 Å². The summed E-state index contributed by atoms with van der Waals surface area (Å²) >= 11 is 0. The van der Waals surface area contributed by atoms with Gasteiger partial charge in [0.15, 0.2) is 8.32 Å². The topological polar surface area (TPSA) is 12.5 Å². The molecule has 0 bridgehead atoms. The molecule has 0 N–H and O–H groups in total. The molecule has 0 radical (unpaired) electrons. The van der Waals surface area contributed by atoms with E-state index in [2.05, 4.69) is 37.3 Å². The van der Waals surface area contributed by atoms with Gasteiger partial charge in [0.1, 0.15) is 0 Å². The van der Waals surface area contributed by atoms with Crippen LogP contribution in [0.1, 0.15) is 19.3 Å². The molecule has 4 heteroatoms. The smallest absolute Gasteiger partial charge is 0.254 e. The fourth-order valence-corrected chi connectivity index (χ4v) is 10.2. The molecule has 2 nitrogen and oxygen atoms in total. The molecular weight excluding hydrogens is 206 g/mol. The summed E-state index contributed by atoms with van der Waals surface area (Å²) in [6.07, 6.45) is 4.14. The van der Waals surface area contributed by atoms with Gasteiger partial charge in [-0.15, -0.1) is 0 Å². The summed E-state index contributed by atoms with van der Waals surface area (Å²) < 4.78 is 9.00. The Kier molecular flexibility index (Phi) is 3.97. The van der Waals surface area contributed by atoms with Gasteiger partial charge in [0.05, 0.1) is 0 Å². The average Bonchev–Trinajstić information content (AvgIpc) is 2.01. The lowest BCUT2D eigenvalue weighted by molar-refractivity contribution is 0.298. The third-order valence-corrected chi connectivity index (χ3v) is 9.09. The normalized spacial score (nSPS) is 21.2. The zero-order chi connectivity index (χ0) is 10.8. The molecule has 0 aromatic rings. The van der Waals surface area contributed by atoms with Gasteiger partial charge >= 0.3 is 0 Å². The van der Waals surface area contributed by atoms with E-state index in [0.717, 1.165) is 0 Å². The van der Waals surface area contributed by atoms with Gasteiger partial charge in [-0.3, -0.25) is 0 Å². The summed E-state index contributed by atoms with van der Waals surface area (Å²) in [7, 11) is -2.90. The van der Waals surface area contributed by atoms with Crippen molar-refractivity contribution in [2.45, 2.75) is 52.0 Å². The molecular formula is C10H25NOSi2. The van der Waals surface area contributed by atoms with E-state index in [1.165, 1.54) is 32.4 Å². The van der Waals surface area contributed by atoms with Crippen LogP contribution >= 0.6 is 0 Å². The minimum Gasteiger partial charge on any atom is -0.445 e. The molecule has 1 aliphatic rings. The fourth-order valence-electron chi connectivity index (χ4n) is 2.25. The quantitative estimate of drug-likeness (QED) is 0.692. The van der Waals surface area contributed by atoms with E-state index in [1.807, 2.05) is 0 Å². The lowest BCUT2D eigenvalue weighted by Crippen LogP contribution is -2.57. The Morgan fingerprint density at radius 3 is 1.79 bits per heavy atom. The fraction of sp³-hybridized carbons (Fsp3) is 1.00. The molecule has 84 valence electrons. The predicted octanol–water partition coefficient (Wildman–Crippen LogP) is 3.03. The lowest BCUT2D eigenvalue weighted by atomic mass is 10.2. The Morgan fingerprint density at radius 2 is 1.36 bits per heavy atom. The zero-order valence-electron chi connectivity index (χ0n) is 10.4. The van der Waals surface area contributed by atoms with E-state index in [1.54, 1.807) is 0 Å². The maximum Gasteiger partial charge on any atom is 0.254 e. The van der Waals surface area contributed by atoms with Crippen LogP contribution in [0.25, 0.3) is 0 Å². The van der Waals surface area contributed by atoms with Crippen molar-refractivity contribution >= 4 is 16.8 Å². The second kappa shape index (κ2) is 4.47. The highest BCUT2D eigenvalue weighted by Gasteiger charge is 2.36. The molecule has 0 aromatic carbocycles. The molecule has 0 aromatic heterocycles. The molecule has 0 saturated carbocycles. The largest absolute Gasteiger partial charge is 0.445 e. The summed E-state index contributed by atoms with van der Waals surface area (Å²) in [5.41, 5.74) is 0. The van der Waals surface area contributed by atoms with Crippen molar-refractivity contribution in [3.8, 4) is 0 Å². The van der Waals surface area contributed by atoms with Gasteiger partial charge in [0.2, 0.25) is 0 Å². The summed E-state index contributed by atoms with van der Waals surface area (Å²) in [6.45, 7) is 14.1. The first-order chi connectivity index (χ1) is 6.31. The Balaban J connectivity index is 2.54. The Labute approximate surface area is 91.0 Å². The summed E-state index contributed by atoms with van der Waals surface area (Å²) in [4.78, 5) is 0. The Hall–Kier alpha value is 0.354. The third-order valence-electron chi connectivity index (χ3n) is 2.67. The third kappa shape index (κ3) is 3.84. The minimum atomic E-state index is -1.54. The monoisotopic (exact) mass is 231 g/mol. The van der Waals surface area contributed by atoms with Gasteiger partial charge in [-0.1, -0.05) is 6.42 Å². The van der Waals surface area contributed by atoms with Crippen molar-refractivity contribution < 1.29 is 4.12 Å². The molecule has 1 fully saturated rings. The molecule has 1 saturated heterocycles. The second-order valence-electron chi connectivity index (χ2n) is 5.71. The van der Waals surface area contributed by atoms with Crippen LogP contribution in [-0.2, 0) is 4.12 Å². The molecule has 1 aliphatic heterocycles. The van der Waals surface area contributed by atoms with Crippen molar-refractivity contribution in [3.05, 3.63) is 0 Å². The average molecular weight is 231 g/mol. The first-order valence-electron chi connectivity index (χ1n) is 5.76. The number of nitrogens with zero attached hydrogens (tertiary/aromatic N) is 1. The maximum absolute atomic E-state index is 6.37. The molecule has 0 aliphatic carbocycles. The highest BCUT2D eigenvalue weighted by atomic mass is 28.4. The van der Waals surface area contributed by atoms with Crippen molar-refractivity contribution in [1.82, 2.24) is 4.57 Å². The van der Waals surface area contributed by atoms with Crippen LogP contribution in [0, 0.1) is 0 Å². The van der Waals surface area contributed by atoms with E-state index in [-0.39, 0.29) is 0 Å². The van der Waals surface area contributed by atoms with Crippen LogP contribution in [0.4, 0.5) is 0 Å². The van der Waals surface area contributed by atoms with Gasteiger partial charge < -0.3 is 8.68 Å². The van der Waals surface area contributed by atoms with Gasteiger partial charge in [-0.25, -0.2) is 0 Å². The van der Waals surface area contributed by atoms with Gasteiger partial charge in [-0.05, 0) is 58.7 Å². The van der Waals surface area contributed by atoms with E-state index in [4.69, 9.17) is 4.12 Å². The number of piperidine rings is 1. The van der Waals surface area contributed by atoms with Gasteiger partial charge in [0.25, 0.3) is 8.48 Å². The van der Waals surface area contributed by atoms with Crippen LogP contribution in [0.2, 0.25) is 32.7 Å². The second-order valence-corrected chi connectivity index (χ2v) is 14.3. The molecule has 0 atom stereocenters.